The molecule has 0 aliphatic carbocycles. The molecule has 3 nitrogen and oxygen atoms in total. The van der Waals surface area contributed by atoms with Gasteiger partial charge in [0, 0.05) is 12.2 Å². The minimum atomic E-state index is -0.256. The van der Waals surface area contributed by atoms with Gasteiger partial charge in [0.2, 0.25) is 5.91 Å². The first-order chi connectivity index (χ1) is 6.13. The van der Waals surface area contributed by atoms with Crippen molar-refractivity contribution in [1.29, 1.82) is 0 Å². The summed E-state index contributed by atoms with van der Waals surface area (Å²) in [6.07, 6.45) is 5.45. The van der Waals surface area contributed by atoms with E-state index in [1.807, 2.05) is 0 Å². The second-order valence-corrected chi connectivity index (χ2v) is 4.06. The van der Waals surface area contributed by atoms with Crippen LogP contribution in [0.5, 0.6) is 0 Å². The van der Waals surface area contributed by atoms with Crippen LogP contribution in [0.1, 0.15) is 13.3 Å². The number of hydrogen-bond donors (Lipinski definition) is 1. The Kier molecular flexibility index (Phi) is 3.38. The van der Waals surface area contributed by atoms with E-state index in [1.165, 1.54) is 11.8 Å². The van der Waals surface area contributed by atoms with Crippen LogP contribution in [0.3, 0.4) is 0 Å². The number of hydrogen-bond acceptors (Lipinski definition) is 3. The SMILES string of the molecule is C#CC(C)NC(=O)C1CSC(=O)C1. The Hall–Kier alpha value is -0.950. The molecule has 1 N–H and O–H groups in total. The average Bonchev–Trinajstić information content (AvgIpc) is 2.51. The van der Waals surface area contributed by atoms with E-state index in [4.69, 9.17) is 6.42 Å². The highest BCUT2D eigenvalue weighted by Gasteiger charge is 2.29. The lowest BCUT2D eigenvalue weighted by molar-refractivity contribution is -0.126. The van der Waals surface area contributed by atoms with Crippen molar-refractivity contribution in [1.82, 2.24) is 5.32 Å². The van der Waals surface area contributed by atoms with Crippen molar-refractivity contribution >= 4 is 22.8 Å². The number of carbonyl (C=O) groups is 2. The highest BCUT2D eigenvalue weighted by molar-refractivity contribution is 8.14. The van der Waals surface area contributed by atoms with Gasteiger partial charge in [0.25, 0.3) is 0 Å². The molecular weight excluding hydrogens is 186 g/mol. The second-order valence-electron chi connectivity index (χ2n) is 2.98. The number of amides is 1. The highest BCUT2D eigenvalue weighted by atomic mass is 32.2. The molecule has 70 valence electrons. The summed E-state index contributed by atoms with van der Waals surface area (Å²) < 4.78 is 0. The predicted molar refractivity (Wildman–Crippen MR) is 52.0 cm³/mol. The van der Waals surface area contributed by atoms with Crippen LogP contribution in [0.25, 0.3) is 0 Å². The number of thioether (sulfide) groups is 1. The third kappa shape index (κ3) is 2.78. The minimum absolute atomic E-state index is 0.0912. The van der Waals surface area contributed by atoms with Crippen LogP contribution >= 0.6 is 11.8 Å². The molecule has 0 aromatic rings. The van der Waals surface area contributed by atoms with E-state index in [2.05, 4.69) is 11.2 Å². The molecule has 13 heavy (non-hydrogen) atoms. The smallest absolute Gasteiger partial charge is 0.225 e. The van der Waals surface area contributed by atoms with Crippen molar-refractivity contribution in [2.24, 2.45) is 5.92 Å². The van der Waals surface area contributed by atoms with Crippen LogP contribution in [0.4, 0.5) is 0 Å². The molecule has 1 fully saturated rings. The topological polar surface area (TPSA) is 46.2 Å². The second kappa shape index (κ2) is 4.33. The van der Waals surface area contributed by atoms with Crippen molar-refractivity contribution in [3.8, 4) is 12.3 Å². The van der Waals surface area contributed by atoms with Gasteiger partial charge in [-0.15, -0.1) is 6.42 Å². The first kappa shape index (κ1) is 10.1. The van der Waals surface area contributed by atoms with Crippen LogP contribution < -0.4 is 5.32 Å². The van der Waals surface area contributed by atoms with Gasteiger partial charge in [0.1, 0.15) is 0 Å². The van der Waals surface area contributed by atoms with Crippen LogP contribution in [0.15, 0.2) is 0 Å². The quantitative estimate of drug-likeness (QED) is 0.652. The van der Waals surface area contributed by atoms with Gasteiger partial charge in [0.15, 0.2) is 5.12 Å². The van der Waals surface area contributed by atoms with E-state index < -0.39 is 0 Å². The van der Waals surface area contributed by atoms with Gasteiger partial charge in [-0.25, -0.2) is 0 Å². The van der Waals surface area contributed by atoms with Crippen molar-refractivity contribution in [3.63, 3.8) is 0 Å². The Morgan fingerprint density at radius 2 is 2.54 bits per heavy atom. The van der Waals surface area contributed by atoms with Crippen molar-refractivity contribution < 1.29 is 9.59 Å². The average molecular weight is 197 g/mol. The molecule has 1 heterocycles. The Labute approximate surface area is 81.6 Å². The summed E-state index contributed by atoms with van der Waals surface area (Å²) in [6, 6.07) is -0.256. The molecule has 0 spiro atoms. The summed E-state index contributed by atoms with van der Waals surface area (Å²) in [5.41, 5.74) is 0. The third-order valence-electron chi connectivity index (χ3n) is 1.84. The highest BCUT2D eigenvalue weighted by Crippen LogP contribution is 2.25. The Morgan fingerprint density at radius 3 is 3.00 bits per heavy atom. The van der Waals surface area contributed by atoms with E-state index in [0.717, 1.165) is 0 Å². The van der Waals surface area contributed by atoms with Crippen molar-refractivity contribution in [2.75, 3.05) is 5.75 Å². The number of terminal acetylenes is 1. The molecular formula is C9H11NO2S. The third-order valence-corrected chi connectivity index (χ3v) is 2.90. The molecule has 4 heteroatoms. The van der Waals surface area contributed by atoms with E-state index in [0.29, 0.717) is 12.2 Å². The predicted octanol–water partition coefficient (Wildman–Crippen LogP) is 0.404. The fourth-order valence-electron chi connectivity index (χ4n) is 1.05. The van der Waals surface area contributed by atoms with E-state index in [1.54, 1.807) is 6.92 Å². The fraction of sp³-hybridized carbons (Fsp3) is 0.556. The molecule has 1 amide bonds. The molecule has 1 aliphatic rings. The number of carbonyl (C=O) groups excluding carboxylic acids is 2. The summed E-state index contributed by atoms with van der Waals surface area (Å²) in [5, 5.41) is 2.74. The molecule has 1 aliphatic heterocycles. The minimum Gasteiger partial charge on any atom is -0.342 e. The summed E-state index contributed by atoms with van der Waals surface area (Å²) in [7, 11) is 0. The molecule has 0 aromatic carbocycles. The Bertz CT molecular complexity index is 269. The van der Waals surface area contributed by atoms with Gasteiger partial charge in [-0.1, -0.05) is 17.7 Å². The lowest BCUT2D eigenvalue weighted by Crippen LogP contribution is -2.36. The molecule has 0 bridgehead atoms. The van der Waals surface area contributed by atoms with Crippen LogP contribution in [0.2, 0.25) is 0 Å². The van der Waals surface area contributed by atoms with Crippen molar-refractivity contribution in [2.45, 2.75) is 19.4 Å². The molecule has 0 aromatic heterocycles. The molecule has 0 saturated carbocycles. The zero-order valence-electron chi connectivity index (χ0n) is 7.37. The summed E-state index contributed by atoms with van der Waals surface area (Å²) >= 11 is 1.22. The van der Waals surface area contributed by atoms with E-state index in [9.17, 15) is 9.59 Å². The lowest BCUT2D eigenvalue weighted by Gasteiger charge is -2.10. The summed E-state index contributed by atoms with van der Waals surface area (Å²) in [5.74, 6) is 2.70. The van der Waals surface area contributed by atoms with Crippen molar-refractivity contribution in [3.05, 3.63) is 0 Å². The Balaban J connectivity index is 2.41. The van der Waals surface area contributed by atoms with Gasteiger partial charge >= 0.3 is 0 Å². The molecule has 0 radical (unpaired) electrons. The lowest BCUT2D eigenvalue weighted by atomic mass is 10.1. The van der Waals surface area contributed by atoms with Gasteiger partial charge in [-0.2, -0.15) is 0 Å². The maximum Gasteiger partial charge on any atom is 0.225 e. The zero-order chi connectivity index (χ0) is 9.84. The summed E-state index contributed by atoms with van der Waals surface area (Å²) in [4.78, 5) is 22.2. The normalized spacial score (nSPS) is 23.7. The standard InChI is InChI=1S/C9H11NO2S/c1-3-6(2)10-9(12)7-4-8(11)13-5-7/h1,6-7H,4-5H2,2H3,(H,10,12). The first-order valence-corrected chi connectivity index (χ1v) is 5.04. The summed E-state index contributed by atoms with van der Waals surface area (Å²) in [6.45, 7) is 1.74. The van der Waals surface area contributed by atoms with Crippen LogP contribution in [0, 0.1) is 18.3 Å². The molecule has 2 unspecified atom stereocenters. The van der Waals surface area contributed by atoms with Gasteiger partial charge < -0.3 is 5.32 Å². The van der Waals surface area contributed by atoms with Gasteiger partial charge in [-0.05, 0) is 6.92 Å². The maximum absolute atomic E-state index is 11.4. The van der Waals surface area contributed by atoms with Gasteiger partial charge in [-0.3, -0.25) is 9.59 Å². The molecule has 1 saturated heterocycles. The number of nitrogens with one attached hydrogen (secondary N) is 1. The van der Waals surface area contributed by atoms with E-state index in [-0.39, 0.29) is 23.0 Å². The monoisotopic (exact) mass is 197 g/mol. The fourth-order valence-corrected chi connectivity index (χ4v) is 2.03. The number of rotatable bonds is 2. The van der Waals surface area contributed by atoms with E-state index >= 15 is 0 Å². The van der Waals surface area contributed by atoms with Crippen LogP contribution in [-0.2, 0) is 9.59 Å². The largest absolute Gasteiger partial charge is 0.342 e. The Morgan fingerprint density at radius 1 is 1.85 bits per heavy atom. The maximum atomic E-state index is 11.4. The zero-order valence-corrected chi connectivity index (χ0v) is 8.19. The first-order valence-electron chi connectivity index (χ1n) is 4.05. The molecule has 1 rings (SSSR count). The molecule has 2 atom stereocenters. The van der Waals surface area contributed by atoms with Crippen LogP contribution in [-0.4, -0.2) is 22.8 Å². The van der Waals surface area contributed by atoms with Gasteiger partial charge in [0.05, 0.1) is 12.0 Å².